The molecule has 0 radical (unpaired) electrons. The molecule has 12 atom stereocenters. The molecule has 65 heavy (non-hydrogen) atoms. The number of nitrogens with two attached hydrogens (primary N) is 1. The number of aliphatic carboxylic acids is 1. The van der Waals surface area contributed by atoms with Gasteiger partial charge in [-0.15, -0.1) is 0 Å². The number of thioether (sulfide) groups is 1. The molecule has 0 aliphatic carbocycles. The third kappa shape index (κ3) is 21.6. The smallest absolute Gasteiger partial charge is 0.326 e. The van der Waals surface area contributed by atoms with Crippen LogP contribution in [0.15, 0.2) is 0 Å². The topological polar surface area (TPSA) is 316 Å². The van der Waals surface area contributed by atoms with Crippen LogP contribution in [0.3, 0.4) is 0 Å². The normalized spacial score (nSPS) is 17.0. The van der Waals surface area contributed by atoms with Gasteiger partial charge in [-0.1, -0.05) is 82.1 Å². The number of amides is 8. The second-order valence-electron chi connectivity index (χ2n) is 18.3. The standard InChI is InChI=1S/C44H81N9O11S/c1-15-24(9)33(42(61)49-31(44(63)64)20-22(5)6)51-37(56)27(12)47-39(58)30(17-18-65-14)48-41(60)34(25(10)16-2)52-43(62)35(28(13)54)53-40(59)32(23(7)8)50-36(55)26(11)46-38(57)29(45)19-21(3)4/h21-35,54H,15-20,45H2,1-14H3,(H,46,57)(H,47,58)(H,48,60)(H,49,61)(H,50,55)(H,51,56)(H,52,62)(H,53,59)(H,63,64)/t24-,25-,26-,27-,28+,29-,30-,31-,32-,33-,34-,35-/m0/s1. The SMILES string of the molecule is CC[C@H](C)[C@H](NC(=O)[C@H](C)NC(=O)[C@H](CCSC)NC(=O)[C@@H](NC(=O)[C@@H](NC(=O)[C@@H](NC(=O)[C@H](C)NC(=O)[C@@H](N)CC(C)C)C(C)C)[C@@H](C)O)[C@@H](C)CC)C(=O)N[C@@H](CC(C)C)C(=O)O. The highest BCUT2D eigenvalue weighted by Gasteiger charge is 2.37. The lowest BCUT2D eigenvalue weighted by Gasteiger charge is -2.31. The van der Waals surface area contributed by atoms with Crippen LogP contribution >= 0.6 is 11.8 Å². The Hall–Kier alpha value is -4.50. The number of carboxylic acids is 1. The molecule has 0 aromatic rings. The number of nitrogens with one attached hydrogen (secondary N) is 8. The summed E-state index contributed by atoms with van der Waals surface area (Å²) < 4.78 is 0. The number of carbonyl (C=O) groups excluding carboxylic acids is 8. The van der Waals surface area contributed by atoms with E-state index in [0.29, 0.717) is 25.0 Å². The molecule has 374 valence electrons. The first-order valence-corrected chi connectivity index (χ1v) is 24.1. The highest BCUT2D eigenvalue weighted by atomic mass is 32.2. The van der Waals surface area contributed by atoms with Crippen LogP contribution in [0.1, 0.15) is 122 Å². The Morgan fingerprint density at radius 1 is 0.492 bits per heavy atom. The molecule has 0 spiro atoms. The monoisotopic (exact) mass is 944 g/mol. The molecule has 0 aliphatic rings. The zero-order valence-corrected chi connectivity index (χ0v) is 41.8. The summed E-state index contributed by atoms with van der Waals surface area (Å²) in [6, 6.07) is -10.6. The highest BCUT2D eigenvalue weighted by Crippen LogP contribution is 2.14. The van der Waals surface area contributed by atoms with E-state index < -0.39 is 131 Å². The van der Waals surface area contributed by atoms with Crippen molar-refractivity contribution in [2.45, 2.75) is 183 Å². The molecule has 0 saturated carbocycles. The lowest BCUT2D eigenvalue weighted by Crippen LogP contribution is -2.63. The van der Waals surface area contributed by atoms with Crippen LogP contribution < -0.4 is 48.3 Å². The van der Waals surface area contributed by atoms with E-state index in [1.807, 2.05) is 34.6 Å². The summed E-state index contributed by atoms with van der Waals surface area (Å²) in [5, 5.41) is 41.0. The second kappa shape index (κ2) is 29.9. The maximum Gasteiger partial charge on any atom is 0.326 e. The Morgan fingerprint density at radius 2 is 0.877 bits per heavy atom. The van der Waals surface area contributed by atoms with Crippen molar-refractivity contribution in [1.82, 2.24) is 42.5 Å². The van der Waals surface area contributed by atoms with Gasteiger partial charge in [-0.05, 0) is 81.6 Å². The van der Waals surface area contributed by atoms with Gasteiger partial charge in [0.05, 0.1) is 12.1 Å². The van der Waals surface area contributed by atoms with Crippen molar-refractivity contribution in [3.8, 4) is 0 Å². The maximum absolute atomic E-state index is 14.0. The molecule has 0 aromatic carbocycles. The Labute approximate surface area is 389 Å². The van der Waals surface area contributed by atoms with Gasteiger partial charge in [-0.2, -0.15) is 11.8 Å². The number of aliphatic hydroxyl groups excluding tert-OH is 1. The fraction of sp³-hybridized carbons (Fsp3) is 0.795. The van der Waals surface area contributed by atoms with Gasteiger partial charge in [-0.25, -0.2) is 4.79 Å². The third-order valence-electron chi connectivity index (χ3n) is 11.0. The van der Waals surface area contributed by atoms with Gasteiger partial charge in [0.15, 0.2) is 0 Å². The molecule has 0 fully saturated rings. The number of aliphatic hydroxyl groups is 1. The summed E-state index contributed by atoms with van der Waals surface area (Å²) in [6.07, 6.45) is 1.88. The van der Waals surface area contributed by atoms with Crippen molar-refractivity contribution < 1.29 is 53.4 Å². The molecule has 21 heteroatoms. The van der Waals surface area contributed by atoms with Crippen LogP contribution in [0.25, 0.3) is 0 Å². The van der Waals surface area contributed by atoms with Crippen LogP contribution in [-0.2, 0) is 43.2 Å². The number of carboxylic acid groups (broad SMARTS) is 1. The molecule has 0 saturated heterocycles. The zero-order valence-electron chi connectivity index (χ0n) is 41.0. The molecular formula is C44H81N9O11S. The average Bonchev–Trinajstić information content (AvgIpc) is 3.21. The van der Waals surface area contributed by atoms with Gasteiger partial charge in [-0.3, -0.25) is 38.4 Å². The Balaban J connectivity index is 6.16. The van der Waals surface area contributed by atoms with Crippen LogP contribution in [0.2, 0.25) is 0 Å². The molecule has 20 nitrogen and oxygen atoms in total. The van der Waals surface area contributed by atoms with Gasteiger partial charge in [0.1, 0.15) is 48.3 Å². The van der Waals surface area contributed by atoms with E-state index in [-0.39, 0.29) is 24.7 Å². The lowest BCUT2D eigenvalue weighted by atomic mass is 9.96. The molecule has 0 aromatic heterocycles. The van der Waals surface area contributed by atoms with Crippen molar-refractivity contribution in [2.24, 2.45) is 35.3 Å². The van der Waals surface area contributed by atoms with E-state index in [0.717, 1.165) is 0 Å². The minimum absolute atomic E-state index is 0.0307. The van der Waals surface area contributed by atoms with Crippen LogP contribution in [0.5, 0.6) is 0 Å². The fourth-order valence-electron chi connectivity index (χ4n) is 6.49. The van der Waals surface area contributed by atoms with E-state index in [9.17, 15) is 53.4 Å². The molecule has 0 aliphatic heterocycles. The van der Waals surface area contributed by atoms with Crippen LogP contribution in [0.4, 0.5) is 0 Å². The number of rotatable bonds is 30. The van der Waals surface area contributed by atoms with Gasteiger partial charge < -0.3 is 58.5 Å². The van der Waals surface area contributed by atoms with Gasteiger partial charge in [0.25, 0.3) is 0 Å². The fourth-order valence-corrected chi connectivity index (χ4v) is 6.96. The van der Waals surface area contributed by atoms with Gasteiger partial charge >= 0.3 is 5.97 Å². The summed E-state index contributed by atoms with van der Waals surface area (Å²) in [6.45, 7) is 21.9. The zero-order chi connectivity index (χ0) is 50.5. The molecule has 0 bridgehead atoms. The third-order valence-corrected chi connectivity index (χ3v) is 11.7. The molecule has 0 heterocycles. The summed E-state index contributed by atoms with van der Waals surface area (Å²) in [5.74, 6) is -7.92. The van der Waals surface area contributed by atoms with E-state index in [4.69, 9.17) is 5.73 Å². The van der Waals surface area contributed by atoms with Crippen molar-refractivity contribution in [3.63, 3.8) is 0 Å². The first kappa shape index (κ1) is 60.5. The summed E-state index contributed by atoms with van der Waals surface area (Å²) >= 11 is 1.40. The molecule has 12 N–H and O–H groups in total. The second-order valence-corrected chi connectivity index (χ2v) is 19.3. The predicted octanol–water partition coefficient (Wildman–Crippen LogP) is 0.291. The molecular weight excluding hydrogens is 863 g/mol. The van der Waals surface area contributed by atoms with E-state index in [1.165, 1.54) is 32.5 Å². The molecule has 0 unspecified atom stereocenters. The highest BCUT2D eigenvalue weighted by molar-refractivity contribution is 7.98. The Morgan fingerprint density at radius 3 is 1.28 bits per heavy atom. The Bertz CT molecular complexity index is 1600. The van der Waals surface area contributed by atoms with Gasteiger partial charge in [0.2, 0.25) is 47.3 Å². The van der Waals surface area contributed by atoms with Crippen molar-refractivity contribution in [1.29, 1.82) is 0 Å². The minimum atomic E-state index is -1.59. The van der Waals surface area contributed by atoms with Crippen molar-refractivity contribution >= 4 is 65.0 Å². The first-order chi connectivity index (χ1) is 30.1. The maximum atomic E-state index is 14.0. The summed E-state index contributed by atoms with van der Waals surface area (Å²) in [4.78, 5) is 119. The predicted molar refractivity (Wildman–Crippen MR) is 250 cm³/mol. The van der Waals surface area contributed by atoms with E-state index in [1.54, 1.807) is 40.9 Å². The average molecular weight is 944 g/mol. The van der Waals surface area contributed by atoms with Crippen LogP contribution in [-0.4, -0.2) is 136 Å². The number of hydrogen-bond acceptors (Lipinski definition) is 12. The van der Waals surface area contributed by atoms with Gasteiger partial charge in [0, 0.05) is 0 Å². The summed E-state index contributed by atoms with van der Waals surface area (Å²) in [5.41, 5.74) is 5.95. The molecule has 0 rings (SSSR count). The van der Waals surface area contributed by atoms with Crippen molar-refractivity contribution in [2.75, 3.05) is 12.0 Å². The molecule has 8 amide bonds. The van der Waals surface area contributed by atoms with Crippen LogP contribution in [0, 0.1) is 29.6 Å². The number of hydrogen-bond donors (Lipinski definition) is 11. The van der Waals surface area contributed by atoms with E-state index >= 15 is 0 Å². The summed E-state index contributed by atoms with van der Waals surface area (Å²) in [7, 11) is 0. The lowest BCUT2D eigenvalue weighted by molar-refractivity contribution is -0.143. The quantitative estimate of drug-likeness (QED) is 0.0462. The minimum Gasteiger partial charge on any atom is -0.480 e. The Kier molecular flexibility index (Phi) is 27.8. The first-order valence-electron chi connectivity index (χ1n) is 22.7. The van der Waals surface area contributed by atoms with Crippen molar-refractivity contribution in [3.05, 3.63) is 0 Å². The van der Waals surface area contributed by atoms with E-state index in [2.05, 4.69) is 42.5 Å². The largest absolute Gasteiger partial charge is 0.480 e. The number of carbonyl (C=O) groups is 9.